The Kier molecular flexibility index (Phi) is 4.74. The van der Waals surface area contributed by atoms with Crippen LogP contribution in [-0.2, 0) is 0 Å². The molecule has 1 aliphatic rings. The number of hydrogen-bond donors (Lipinski definition) is 1. The lowest BCUT2D eigenvalue weighted by Crippen LogP contribution is -2.24. The van der Waals surface area contributed by atoms with Crippen molar-refractivity contribution in [3.05, 3.63) is 76.6 Å². The van der Waals surface area contributed by atoms with Crippen molar-refractivity contribution < 1.29 is 4.79 Å². The Morgan fingerprint density at radius 3 is 2.57 bits per heavy atom. The van der Waals surface area contributed by atoms with E-state index in [1.54, 1.807) is 24.5 Å². The fourth-order valence-corrected chi connectivity index (χ4v) is 3.50. The molecule has 2 N–H and O–H groups in total. The van der Waals surface area contributed by atoms with E-state index in [0.29, 0.717) is 16.1 Å². The largest absolute Gasteiger partial charge is 0.325 e. The molecular formula is C22H15ClN4O. The summed E-state index contributed by atoms with van der Waals surface area (Å²) in [5.74, 6) is -0.00884. The van der Waals surface area contributed by atoms with Crippen molar-refractivity contribution in [3.63, 3.8) is 0 Å². The summed E-state index contributed by atoms with van der Waals surface area (Å²) in [5.41, 5.74) is 11.8. The van der Waals surface area contributed by atoms with E-state index in [0.717, 1.165) is 33.5 Å². The zero-order chi connectivity index (χ0) is 19.7. The summed E-state index contributed by atoms with van der Waals surface area (Å²) in [6.45, 7) is 0.418. The number of nitrogens with zero attached hydrogens (tertiary/aromatic N) is 3. The molecule has 1 aliphatic heterocycles. The van der Waals surface area contributed by atoms with Crippen molar-refractivity contribution in [3.8, 4) is 28.3 Å². The van der Waals surface area contributed by atoms with E-state index >= 15 is 0 Å². The van der Waals surface area contributed by atoms with E-state index in [1.165, 1.54) is 0 Å². The first kappa shape index (κ1) is 18.1. The van der Waals surface area contributed by atoms with Crippen molar-refractivity contribution in [1.82, 2.24) is 4.98 Å². The Balaban J connectivity index is 1.81. The van der Waals surface area contributed by atoms with Crippen molar-refractivity contribution in [2.45, 2.75) is 0 Å². The molecule has 4 rings (SSSR count). The molecule has 28 heavy (non-hydrogen) atoms. The third-order valence-corrected chi connectivity index (χ3v) is 4.96. The average Bonchev–Trinajstić information content (AvgIpc) is 2.74. The van der Waals surface area contributed by atoms with Crippen LogP contribution in [0.15, 0.2) is 59.9 Å². The minimum Gasteiger partial charge on any atom is -0.325 e. The quantitative estimate of drug-likeness (QED) is 0.739. The van der Waals surface area contributed by atoms with Gasteiger partial charge in [-0.15, -0.1) is 0 Å². The zero-order valence-corrected chi connectivity index (χ0v) is 15.6. The van der Waals surface area contributed by atoms with Gasteiger partial charge in [-0.25, -0.2) is 0 Å². The molecule has 0 amide bonds. The van der Waals surface area contributed by atoms with E-state index in [1.807, 2.05) is 30.3 Å². The highest BCUT2D eigenvalue weighted by Gasteiger charge is 2.20. The molecule has 0 fully saturated rings. The van der Waals surface area contributed by atoms with Crippen LogP contribution < -0.4 is 5.73 Å². The van der Waals surface area contributed by atoms with Crippen LogP contribution in [0.2, 0.25) is 5.02 Å². The molecule has 0 saturated heterocycles. The molecule has 0 saturated carbocycles. The maximum atomic E-state index is 12.1. The van der Waals surface area contributed by atoms with Crippen LogP contribution in [0.25, 0.3) is 22.3 Å². The highest BCUT2D eigenvalue weighted by Crippen LogP contribution is 2.30. The number of nitrogens with two attached hydrogens (primary N) is 1. The lowest BCUT2D eigenvalue weighted by atomic mass is 9.92. The minimum atomic E-state index is -0.00884. The number of Topliss-reactive ketones (excluding diaryl/α,β-unsaturated/α-hetero) is 1. The molecule has 136 valence electrons. The molecule has 6 heteroatoms. The third-order valence-electron chi connectivity index (χ3n) is 4.72. The van der Waals surface area contributed by atoms with Gasteiger partial charge >= 0.3 is 0 Å². The topological polar surface area (TPSA) is 92.1 Å². The molecule has 0 radical (unpaired) electrons. The van der Waals surface area contributed by atoms with Gasteiger partial charge in [0.25, 0.3) is 0 Å². The molecule has 0 bridgehead atoms. The van der Waals surface area contributed by atoms with Gasteiger partial charge in [0, 0.05) is 51.8 Å². The van der Waals surface area contributed by atoms with Crippen molar-refractivity contribution in [1.29, 1.82) is 5.26 Å². The number of pyridine rings is 1. The highest BCUT2D eigenvalue weighted by molar-refractivity contribution is 6.30. The van der Waals surface area contributed by atoms with Gasteiger partial charge in [-0.2, -0.15) is 5.26 Å². The molecule has 2 heterocycles. The lowest BCUT2D eigenvalue weighted by Gasteiger charge is -2.16. The number of benzene rings is 2. The van der Waals surface area contributed by atoms with Crippen LogP contribution in [0.4, 0.5) is 0 Å². The maximum absolute atomic E-state index is 12.1. The van der Waals surface area contributed by atoms with Gasteiger partial charge in [0.1, 0.15) is 6.54 Å². The maximum Gasteiger partial charge on any atom is 0.184 e. The molecular weight excluding hydrogens is 372 g/mol. The fraction of sp³-hybridized carbons (Fsp3) is 0.0909. The van der Waals surface area contributed by atoms with Crippen molar-refractivity contribution in [2.24, 2.45) is 10.7 Å². The van der Waals surface area contributed by atoms with Crippen LogP contribution in [0.3, 0.4) is 0 Å². The zero-order valence-electron chi connectivity index (χ0n) is 14.8. The molecule has 0 spiro atoms. The number of aliphatic imine (C=N–C) groups is 1. The van der Waals surface area contributed by atoms with Gasteiger partial charge in [0.2, 0.25) is 0 Å². The van der Waals surface area contributed by atoms with Gasteiger partial charge in [-0.3, -0.25) is 14.8 Å². The first-order valence-corrected chi connectivity index (χ1v) is 9.05. The first-order valence-electron chi connectivity index (χ1n) is 8.67. The van der Waals surface area contributed by atoms with Crippen LogP contribution in [0, 0.1) is 11.3 Å². The summed E-state index contributed by atoms with van der Waals surface area (Å²) in [7, 11) is 0. The number of carbonyl (C=O) groups excluding carboxylic acids is 1. The van der Waals surface area contributed by atoms with E-state index in [4.69, 9.17) is 17.3 Å². The molecule has 1 aromatic heterocycles. The second-order valence-electron chi connectivity index (χ2n) is 6.41. The van der Waals surface area contributed by atoms with E-state index < -0.39 is 0 Å². The number of halogens is 1. The summed E-state index contributed by atoms with van der Waals surface area (Å²) < 4.78 is 0. The normalized spacial score (nSPS) is 12.9. The van der Waals surface area contributed by atoms with Gasteiger partial charge in [-0.1, -0.05) is 29.8 Å². The van der Waals surface area contributed by atoms with Gasteiger partial charge in [0.05, 0.1) is 17.3 Å². The summed E-state index contributed by atoms with van der Waals surface area (Å²) in [5, 5.41) is 9.93. The smallest absolute Gasteiger partial charge is 0.184 e. The van der Waals surface area contributed by atoms with Crippen LogP contribution in [-0.4, -0.2) is 29.6 Å². The van der Waals surface area contributed by atoms with E-state index in [2.05, 4.69) is 16.0 Å². The third kappa shape index (κ3) is 3.20. The molecule has 3 aromatic rings. The van der Waals surface area contributed by atoms with Gasteiger partial charge in [0.15, 0.2) is 5.78 Å². The Morgan fingerprint density at radius 2 is 1.79 bits per heavy atom. The Morgan fingerprint density at radius 1 is 1.00 bits per heavy atom. The summed E-state index contributed by atoms with van der Waals surface area (Å²) >= 11 is 6.00. The van der Waals surface area contributed by atoms with Crippen molar-refractivity contribution >= 4 is 23.1 Å². The van der Waals surface area contributed by atoms with Crippen LogP contribution in [0.1, 0.15) is 21.5 Å². The SMILES string of the molecule is N#Cc1cc(Cl)ccc1-c1cncc(-c2ccc3c(c2)C(CN)=NCC3=O)c1. The average molecular weight is 387 g/mol. The first-order chi connectivity index (χ1) is 13.6. The fourth-order valence-electron chi connectivity index (χ4n) is 3.32. The molecule has 0 aliphatic carbocycles. The lowest BCUT2D eigenvalue weighted by molar-refractivity contribution is 0.1000. The monoisotopic (exact) mass is 386 g/mol. The van der Waals surface area contributed by atoms with E-state index in [9.17, 15) is 10.1 Å². The summed E-state index contributed by atoms with van der Waals surface area (Å²) in [6.07, 6.45) is 3.46. The second kappa shape index (κ2) is 7.35. The van der Waals surface area contributed by atoms with Crippen LogP contribution >= 0.6 is 11.6 Å². The number of hydrogen-bond acceptors (Lipinski definition) is 5. The van der Waals surface area contributed by atoms with Crippen LogP contribution in [0.5, 0.6) is 0 Å². The Bertz CT molecular complexity index is 1180. The number of rotatable bonds is 3. The minimum absolute atomic E-state index is 0.00884. The Hall–Kier alpha value is -3.33. The number of ketones is 1. The molecule has 0 atom stereocenters. The number of nitriles is 1. The Labute approximate surface area is 167 Å². The second-order valence-corrected chi connectivity index (χ2v) is 6.85. The van der Waals surface area contributed by atoms with Gasteiger partial charge < -0.3 is 5.73 Å². The molecule has 5 nitrogen and oxygen atoms in total. The number of fused-ring (bicyclic) bond motifs is 1. The predicted molar refractivity (Wildman–Crippen MR) is 110 cm³/mol. The highest BCUT2D eigenvalue weighted by atomic mass is 35.5. The van der Waals surface area contributed by atoms with Crippen molar-refractivity contribution in [2.75, 3.05) is 13.1 Å². The van der Waals surface area contributed by atoms with Gasteiger partial charge in [-0.05, 0) is 29.8 Å². The molecule has 0 unspecified atom stereocenters. The molecule has 2 aromatic carbocycles. The summed E-state index contributed by atoms with van der Waals surface area (Å²) in [4.78, 5) is 20.7. The standard InChI is InChI=1S/C22H15ClN4O/c23-17-2-4-18(14(6-17)8-24)16-5-15(10-26-11-16)13-1-3-19-20(7-13)21(9-25)27-12-22(19)28/h1-7,10-11H,9,12,25H2. The predicted octanol–water partition coefficient (Wildman–Crippen LogP) is 3.88. The number of carbonyl (C=O) groups is 1. The van der Waals surface area contributed by atoms with E-state index in [-0.39, 0.29) is 18.9 Å². The number of aromatic nitrogens is 1. The summed E-state index contributed by atoms with van der Waals surface area (Å²) in [6, 6.07) is 15.0.